The quantitative estimate of drug-likeness (QED) is 0.813. The number of carbonyl (C=O) groups excluding carboxylic acids is 1. The molecule has 4 aliphatic rings. The molecule has 0 unspecified atom stereocenters. The molecular weight excluding hydrogens is 282 g/mol. The Kier molecular flexibility index (Phi) is 3.95. The van der Waals surface area contributed by atoms with E-state index in [1.165, 1.54) is 43.2 Å². The van der Waals surface area contributed by atoms with Gasteiger partial charge in [0.05, 0.1) is 0 Å². The van der Waals surface area contributed by atoms with Crippen molar-refractivity contribution in [3.63, 3.8) is 0 Å². The Balaban J connectivity index is 1.43. The van der Waals surface area contributed by atoms with Crippen molar-refractivity contribution in [3.8, 4) is 0 Å². The number of hydrogen-bond acceptors (Lipinski definition) is 1. The molecule has 0 saturated heterocycles. The highest BCUT2D eigenvalue weighted by Gasteiger charge is 2.51. The Bertz CT molecular complexity index is 548. The van der Waals surface area contributed by atoms with Gasteiger partial charge in [0.25, 0.3) is 0 Å². The zero-order chi connectivity index (χ0) is 16.0. The van der Waals surface area contributed by atoms with Gasteiger partial charge in [0.15, 0.2) is 0 Å². The van der Waals surface area contributed by atoms with Crippen LogP contribution in [0.4, 0.5) is 0 Å². The lowest BCUT2D eigenvalue weighted by Crippen LogP contribution is -2.51. The average Bonchev–Trinajstić information content (AvgIpc) is 2.54. The van der Waals surface area contributed by atoms with Crippen LogP contribution >= 0.6 is 0 Å². The molecule has 1 amide bonds. The minimum absolute atomic E-state index is 0.322. The lowest BCUT2D eigenvalue weighted by Gasteiger charge is -2.54. The van der Waals surface area contributed by atoms with Crippen LogP contribution in [0.25, 0.3) is 0 Å². The van der Waals surface area contributed by atoms with E-state index in [0.29, 0.717) is 23.7 Å². The fourth-order valence-corrected chi connectivity index (χ4v) is 5.82. The van der Waals surface area contributed by atoms with Crippen molar-refractivity contribution in [1.29, 1.82) is 0 Å². The van der Waals surface area contributed by atoms with E-state index in [0.717, 1.165) is 24.8 Å². The van der Waals surface area contributed by atoms with Crippen molar-refractivity contribution in [1.82, 2.24) is 4.90 Å². The highest BCUT2D eigenvalue weighted by atomic mass is 16.2. The summed E-state index contributed by atoms with van der Waals surface area (Å²) in [7, 11) is 2.00. The molecule has 5 rings (SSSR count). The molecule has 23 heavy (non-hydrogen) atoms. The third kappa shape index (κ3) is 2.81. The van der Waals surface area contributed by atoms with Gasteiger partial charge in [-0.1, -0.05) is 31.2 Å². The summed E-state index contributed by atoms with van der Waals surface area (Å²) < 4.78 is 0. The molecule has 0 aromatic heterocycles. The summed E-state index contributed by atoms with van der Waals surface area (Å²) in [6, 6.07) is 8.74. The van der Waals surface area contributed by atoms with Crippen molar-refractivity contribution in [2.75, 3.05) is 7.05 Å². The number of amides is 1. The molecular formula is C21H29NO. The second kappa shape index (κ2) is 5.96. The topological polar surface area (TPSA) is 20.3 Å². The summed E-state index contributed by atoms with van der Waals surface area (Å²) in [6.45, 7) is 2.93. The minimum atomic E-state index is 0.322. The highest BCUT2D eigenvalue weighted by Crippen LogP contribution is 2.56. The Morgan fingerprint density at radius 1 is 0.957 bits per heavy atom. The molecule has 4 fully saturated rings. The van der Waals surface area contributed by atoms with Gasteiger partial charge in [-0.25, -0.2) is 0 Å². The van der Waals surface area contributed by atoms with E-state index in [1.807, 2.05) is 11.9 Å². The number of aryl methyl sites for hydroxylation is 1. The van der Waals surface area contributed by atoms with Gasteiger partial charge in [-0.3, -0.25) is 4.79 Å². The van der Waals surface area contributed by atoms with Crippen molar-refractivity contribution in [2.45, 2.75) is 52.0 Å². The SMILES string of the molecule is CCc1ccc(CN(C)C(=O)C2C3CC4CC(C3)CC2C4)cc1. The van der Waals surface area contributed by atoms with E-state index < -0.39 is 0 Å². The van der Waals surface area contributed by atoms with Gasteiger partial charge < -0.3 is 4.90 Å². The maximum Gasteiger partial charge on any atom is 0.226 e. The summed E-state index contributed by atoms with van der Waals surface area (Å²) in [5.74, 6) is 3.98. The van der Waals surface area contributed by atoms with E-state index in [-0.39, 0.29) is 0 Å². The minimum Gasteiger partial charge on any atom is -0.341 e. The zero-order valence-corrected chi connectivity index (χ0v) is 14.5. The standard InChI is InChI=1S/C21H29NO/c1-3-14-4-6-15(7-5-14)13-22(2)21(23)20-18-9-16-8-17(11-18)12-19(20)10-16/h4-7,16-20H,3,8-13H2,1-2H3. The van der Waals surface area contributed by atoms with Gasteiger partial charge in [0.2, 0.25) is 5.91 Å². The first-order chi connectivity index (χ1) is 11.1. The largest absolute Gasteiger partial charge is 0.341 e. The molecule has 0 spiro atoms. The number of nitrogens with zero attached hydrogens (tertiary/aromatic N) is 1. The predicted molar refractivity (Wildman–Crippen MR) is 92.8 cm³/mol. The molecule has 0 radical (unpaired) electrons. The first kappa shape index (κ1) is 15.2. The fourth-order valence-electron chi connectivity index (χ4n) is 5.82. The van der Waals surface area contributed by atoms with Crippen LogP contribution in [0, 0.1) is 29.6 Å². The van der Waals surface area contributed by atoms with Crippen LogP contribution in [-0.4, -0.2) is 17.9 Å². The lowest BCUT2D eigenvalue weighted by molar-refractivity contribution is -0.148. The number of carbonyl (C=O) groups is 1. The van der Waals surface area contributed by atoms with Gasteiger partial charge in [-0.15, -0.1) is 0 Å². The molecule has 2 heteroatoms. The number of rotatable bonds is 4. The normalized spacial score (nSPS) is 34.6. The Morgan fingerprint density at radius 2 is 1.48 bits per heavy atom. The molecule has 2 nitrogen and oxygen atoms in total. The van der Waals surface area contributed by atoms with Crippen LogP contribution in [0.5, 0.6) is 0 Å². The van der Waals surface area contributed by atoms with Crippen LogP contribution in [0.3, 0.4) is 0 Å². The summed E-state index contributed by atoms with van der Waals surface area (Å²) in [4.78, 5) is 15.1. The molecule has 0 aliphatic heterocycles. The Hall–Kier alpha value is -1.31. The maximum atomic E-state index is 13.1. The highest BCUT2D eigenvalue weighted by molar-refractivity contribution is 5.79. The first-order valence-corrected chi connectivity index (χ1v) is 9.46. The molecule has 124 valence electrons. The summed E-state index contributed by atoms with van der Waals surface area (Å²) >= 11 is 0. The van der Waals surface area contributed by atoms with E-state index >= 15 is 0 Å². The summed E-state index contributed by atoms with van der Waals surface area (Å²) in [5, 5.41) is 0. The average molecular weight is 311 g/mol. The van der Waals surface area contributed by atoms with Gasteiger partial charge in [0.1, 0.15) is 0 Å². The van der Waals surface area contributed by atoms with E-state index in [9.17, 15) is 4.79 Å². The van der Waals surface area contributed by atoms with E-state index in [4.69, 9.17) is 0 Å². The van der Waals surface area contributed by atoms with Crippen molar-refractivity contribution < 1.29 is 4.79 Å². The predicted octanol–water partition coefficient (Wildman–Crippen LogP) is 4.28. The molecule has 1 aromatic rings. The van der Waals surface area contributed by atoms with Crippen LogP contribution in [-0.2, 0) is 17.8 Å². The second-order valence-corrected chi connectivity index (χ2v) is 8.32. The Morgan fingerprint density at radius 3 is 2.00 bits per heavy atom. The summed E-state index contributed by atoms with van der Waals surface area (Å²) in [6.07, 6.45) is 7.81. The van der Waals surface area contributed by atoms with Gasteiger partial charge >= 0.3 is 0 Å². The molecule has 0 atom stereocenters. The third-order valence-corrected chi connectivity index (χ3v) is 6.74. The monoisotopic (exact) mass is 311 g/mol. The van der Waals surface area contributed by atoms with E-state index in [2.05, 4.69) is 31.2 Å². The Labute approximate surface area is 140 Å². The fraction of sp³-hybridized carbons (Fsp3) is 0.667. The maximum absolute atomic E-state index is 13.1. The molecule has 4 aliphatic carbocycles. The van der Waals surface area contributed by atoms with Gasteiger partial charge in [-0.2, -0.15) is 0 Å². The van der Waals surface area contributed by atoms with Crippen LogP contribution in [0.1, 0.15) is 50.2 Å². The van der Waals surface area contributed by atoms with Gasteiger partial charge in [-0.05, 0) is 73.3 Å². The van der Waals surface area contributed by atoms with Crippen molar-refractivity contribution in [3.05, 3.63) is 35.4 Å². The van der Waals surface area contributed by atoms with Crippen LogP contribution in [0.15, 0.2) is 24.3 Å². The third-order valence-electron chi connectivity index (χ3n) is 6.74. The zero-order valence-electron chi connectivity index (χ0n) is 14.5. The van der Waals surface area contributed by atoms with Crippen LogP contribution < -0.4 is 0 Å². The lowest BCUT2D eigenvalue weighted by atomic mass is 9.51. The first-order valence-electron chi connectivity index (χ1n) is 9.46. The van der Waals surface area contributed by atoms with Crippen LogP contribution in [0.2, 0.25) is 0 Å². The smallest absolute Gasteiger partial charge is 0.226 e. The molecule has 1 aromatic carbocycles. The van der Waals surface area contributed by atoms with E-state index in [1.54, 1.807) is 0 Å². The van der Waals surface area contributed by atoms with Crippen molar-refractivity contribution in [2.24, 2.45) is 29.6 Å². The van der Waals surface area contributed by atoms with Crippen molar-refractivity contribution >= 4 is 5.91 Å². The second-order valence-electron chi connectivity index (χ2n) is 8.32. The van der Waals surface area contributed by atoms with Gasteiger partial charge in [0, 0.05) is 19.5 Å². The number of hydrogen-bond donors (Lipinski definition) is 0. The molecule has 0 N–H and O–H groups in total. The molecule has 4 bridgehead atoms. The summed E-state index contributed by atoms with van der Waals surface area (Å²) in [5.41, 5.74) is 2.62. The molecule has 0 heterocycles. The number of benzene rings is 1. The molecule has 4 saturated carbocycles.